The number of aromatic amines is 1. The van der Waals surface area contributed by atoms with Crippen LogP contribution >= 0.6 is 0 Å². The van der Waals surface area contributed by atoms with E-state index in [0.717, 1.165) is 5.69 Å². The molecule has 0 aliphatic rings. The van der Waals surface area contributed by atoms with Crippen molar-refractivity contribution < 1.29 is 9.21 Å². The Kier molecular flexibility index (Phi) is 3.57. The second kappa shape index (κ2) is 5.03. The van der Waals surface area contributed by atoms with Crippen molar-refractivity contribution in [1.82, 2.24) is 10.3 Å². The molecule has 1 aromatic heterocycles. The molecule has 0 bridgehead atoms. The van der Waals surface area contributed by atoms with Crippen LogP contribution in [0.3, 0.4) is 0 Å². The van der Waals surface area contributed by atoms with Gasteiger partial charge in [-0.2, -0.15) is 0 Å². The lowest BCUT2D eigenvalue weighted by atomic mass is 10.1. The number of benzene rings is 1. The molecule has 0 fully saturated rings. The summed E-state index contributed by atoms with van der Waals surface area (Å²) in [6.45, 7) is 7.57. The lowest BCUT2D eigenvalue weighted by Crippen LogP contribution is -2.47. The summed E-state index contributed by atoms with van der Waals surface area (Å²) < 4.78 is 4.92. The van der Waals surface area contributed by atoms with Gasteiger partial charge in [0.2, 0.25) is 5.91 Å². The fourth-order valence-electron chi connectivity index (χ4n) is 1.84. The van der Waals surface area contributed by atoms with E-state index in [1.54, 1.807) is 25.1 Å². The number of nitrogens with one attached hydrogen (secondary N) is 3. The zero-order valence-corrected chi connectivity index (χ0v) is 12.0. The molecule has 3 N–H and O–H groups in total. The molecule has 2 rings (SSSR count). The molecule has 2 aromatic rings. The van der Waals surface area contributed by atoms with E-state index in [2.05, 4.69) is 15.6 Å². The quantitative estimate of drug-likeness (QED) is 0.799. The SMILES string of the molecule is C[C@@H](Nc1ccc2oc(=O)[nH]c2c1)C(=O)NC(C)(C)C. The van der Waals surface area contributed by atoms with Crippen molar-refractivity contribution in [3.63, 3.8) is 0 Å². The van der Waals surface area contributed by atoms with Gasteiger partial charge in [0.05, 0.1) is 5.52 Å². The minimum atomic E-state index is -0.490. The first kappa shape index (κ1) is 14.2. The minimum Gasteiger partial charge on any atom is -0.408 e. The van der Waals surface area contributed by atoms with Crippen molar-refractivity contribution in [2.45, 2.75) is 39.3 Å². The van der Waals surface area contributed by atoms with Crippen LogP contribution in [0.2, 0.25) is 0 Å². The summed E-state index contributed by atoms with van der Waals surface area (Å²) in [5.74, 6) is -0.575. The summed E-state index contributed by atoms with van der Waals surface area (Å²) in [6, 6.07) is 4.80. The van der Waals surface area contributed by atoms with Gasteiger partial charge in [-0.1, -0.05) is 0 Å². The minimum absolute atomic E-state index is 0.0849. The number of H-pyrrole nitrogens is 1. The molecule has 0 spiro atoms. The van der Waals surface area contributed by atoms with Crippen LogP contribution in [0, 0.1) is 0 Å². The molecule has 108 valence electrons. The molecule has 0 saturated carbocycles. The Hall–Kier alpha value is -2.24. The molecule has 1 aromatic carbocycles. The molecule has 1 amide bonds. The molecule has 0 saturated heterocycles. The van der Waals surface area contributed by atoms with Gasteiger partial charge in [-0.25, -0.2) is 4.79 Å². The van der Waals surface area contributed by atoms with Gasteiger partial charge in [-0.3, -0.25) is 9.78 Å². The number of fused-ring (bicyclic) bond motifs is 1. The summed E-state index contributed by atoms with van der Waals surface area (Å²) >= 11 is 0. The predicted octanol–water partition coefficient (Wildman–Crippen LogP) is 1.84. The van der Waals surface area contributed by atoms with Gasteiger partial charge in [0, 0.05) is 11.2 Å². The highest BCUT2D eigenvalue weighted by Gasteiger charge is 2.19. The number of rotatable bonds is 3. The van der Waals surface area contributed by atoms with E-state index >= 15 is 0 Å². The third-order valence-corrected chi connectivity index (χ3v) is 2.69. The zero-order chi connectivity index (χ0) is 14.9. The lowest BCUT2D eigenvalue weighted by Gasteiger charge is -2.24. The van der Waals surface area contributed by atoms with Gasteiger partial charge >= 0.3 is 5.76 Å². The summed E-state index contributed by atoms with van der Waals surface area (Å²) in [5.41, 5.74) is 1.56. The van der Waals surface area contributed by atoms with Crippen LogP contribution in [0.25, 0.3) is 11.1 Å². The van der Waals surface area contributed by atoms with Crippen LogP contribution in [0.5, 0.6) is 0 Å². The van der Waals surface area contributed by atoms with E-state index in [1.165, 1.54) is 0 Å². The third-order valence-electron chi connectivity index (χ3n) is 2.69. The maximum atomic E-state index is 12.0. The van der Waals surface area contributed by atoms with E-state index in [9.17, 15) is 9.59 Å². The van der Waals surface area contributed by atoms with Crippen molar-refractivity contribution in [2.24, 2.45) is 0 Å². The first-order chi connectivity index (χ1) is 9.24. The Bertz CT molecular complexity index is 679. The molecule has 0 unspecified atom stereocenters. The van der Waals surface area contributed by atoms with E-state index < -0.39 is 5.76 Å². The number of oxazole rings is 1. The third kappa shape index (κ3) is 3.40. The van der Waals surface area contributed by atoms with Gasteiger partial charge in [-0.15, -0.1) is 0 Å². The van der Waals surface area contributed by atoms with Crippen molar-refractivity contribution in [2.75, 3.05) is 5.32 Å². The highest BCUT2D eigenvalue weighted by Crippen LogP contribution is 2.17. The molecular formula is C14H19N3O3. The maximum absolute atomic E-state index is 12.0. The molecule has 0 aliphatic carbocycles. The summed E-state index contributed by atoms with van der Waals surface area (Å²) in [5, 5.41) is 5.99. The highest BCUT2D eigenvalue weighted by molar-refractivity contribution is 5.85. The molecule has 20 heavy (non-hydrogen) atoms. The maximum Gasteiger partial charge on any atom is 0.417 e. The molecular weight excluding hydrogens is 258 g/mol. The number of anilines is 1. The van der Waals surface area contributed by atoms with Gasteiger partial charge < -0.3 is 15.1 Å². The number of carbonyl (C=O) groups is 1. The van der Waals surface area contributed by atoms with Crippen molar-refractivity contribution in [3.05, 3.63) is 28.7 Å². The Morgan fingerprint density at radius 3 is 2.70 bits per heavy atom. The Morgan fingerprint density at radius 1 is 1.35 bits per heavy atom. The summed E-state index contributed by atoms with van der Waals surface area (Å²) in [4.78, 5) is 25.6. The molecule has 6 nitrogen and oxygen atoms in total. The monoisotopic (exact) mass is 277 g/mol. The Balaban J connectivity index is 2.11. The first-order valence-electron chi connectivity index (χ1n) is 6.46. The van der Waals surface area contributed by atoms with E-state index in [4.69, 9.17) is 4.42 Å². The predicted molar refractivity (Wildman–Crippen MR) is 77.8 cm³/mol. The summed E-state index contributed by atoms with van der Waals surface area (Å²) in [7, 11) is 0. The number of amides is 1. The van der Waals surface area contributed by atoms with Crippen molar-refractivity contribution >= 4 is 22.7 Å². The van der Waals surface area contributed by atoms with Gasteiger partial charge in [0.1, 0.15) is 6.04 Å². The standard InChI is InChI=1S/C14H19N3O3/c1-8(12(18)17-14(2,3)4)15-9-5-6-11-10(7-9)16-13(19)20-11/h5-8,15H,1-4H3,(H,16,19)(H,17,18)/t8-/m1/s1. The highest BCUT2D eigenvalue weighted by atomic mass is 16.4. The smallest absolute Gasteiger partial charge is 0.408 e. The topological polar surface area (TPSA) is 87.1 Å². The fraction of sp³-hybridized carbons (Fsp3) is 0.429. The Labute approximate surface area is 116 Å². The molecule has 6 heteroatoms. The van der Waals surface area contributed by atoms with E-state index in [1.807, 2.05) is 20.8 Å². The van der Waals surface area contributed by atoms with Crippen LogP contribution in [-0.4, -0.2) is 22.5 Å². The fourth-order valence-corrected chi connectivity index (χ4v) is 1.84. The zero-order valence-electron chi connectivity index (χ0n) is 12.0. The van der Waals surface area contributed by atoms with Crippen LogP contribution in [0.1, 0.15) is 27.7 Å². The Morgan fingerprint density at radius 2 is 2.05 bits per heavy atom. The first-order valence-corrected chi connectivity index (χ1v) is 6.46. The van der Waals surface area contributed by atoms with E-state index in [0.29, 0.717) is 11.1 Å². The second-order valence-corrected chi connectivity index (χ2v) is 5.83. The second-order valence-electron chi connectivity index (χ2n) is 5.83. The van der Waals surface area contributed by atoms with Crippen LogP contribution < -0.4 is 16.4 Å². The van der Waals surface area contributed by atoms with Gasteiger partial charge in [-0.05, 0) is 45.9 Å². The number of hydrogen-bond acceptors (Lipinski definition) is 4. The van der Waals surface area contributed by atoms with Crippen LogP contribution in [0.15, 0.2) is 27.4 Å². The van der Waals surface area contributed by atoms with Crippen LogP contribution in [-0.2, 0) is 4.79 Å². The van der Waals surface area contributed by atoms with Crippen LogP contribution in [0.4, 0.5) is 5.69 Å². The normalized spacial score (nSPS) is 13.2. The molecule has 0 aliphatic heterocycles. The number of hydrogen-bond donors (Lipinski definition) is 3. The molecule has 1 atom stereocenters. The van der Waals surface area contributed by atoms with Gasteiger partial charge in [0.15, 0.2) is 5.58 Å². The van der Waals surface area contributed by atoms with E-state index in [-0.39, 0.29) is 17.5 Å². The lowest BCUT2D eigenvalue weighted by molar-refractivity contribution is -0.122. The van der Waals surface area contributed by atoms with Crippen molar-refractivity contribution in [3.8, 4) is 0 Å². The average Bonchev–Trinajstić information content (AvgIpc) is 2.66. The van der Waals surface area contributed by atoms with Gasteiger partial charge in [0.25, 0.3) is 0 Å². The van der Waals surface area contributed by atoms with Crippen molar-refractivity contribution in [1.29, 1.82) is 0 Å². The largest absolute Gasteiger partial charge is 0.417 e. The molecule has 0 radical (unpaired) electrons. The molecule has 1 heterocycles. The number of carbonyl (C=O) groups excluding carboxylic acids is 1. The number of aromatic nitrogens is 1. The summed E-state index contributed by atoms with van der Waals surface area (Å²) in [6.07, 6.45) is 0. The average molecular weight is 277 g/mol.